The smallest absolute Gasteiger partial charge is 0.252 e. The highest BCUT2D eigenvalue weighted by molar-refractivity contribution is 7.17. The number of rotatable bonds is 13. The van der Waals surface area contributed by atoms with E-state index in [2.05, 4.69) is 39.5 Å². The lowest BCUT2D eigenvalue weighted by Crippen LogP contribution is -2.24. The summed E-state index contributed by atoms with van der Waals surface area (Å²) >= 11 is 1.21. The molecule has 2 aliphatic rings. The van der Waals surface area contributed by atoms with Gasteiger partial charge in [-0.25, -0.2) is 4.98 Å². The predicted octanol–water partition coefficient (Wildman–Crippen LogP) is 5.86. The van der Waals surface area contributed by atoms with Crippen molar-refractivity contribution in [1.29, 1.82) is 0 Å². The second-order valence-corrected chi connectivity index (χ2v) is 11.7. The number of carbonyl (C=O) groups is 2. The first-order valence-corrected chi connectivity index (χ1v) is 14.7. The van der Waals surface area contributed by atoms with Gasteiger partial charge in [0.2, 0.25) is 0 Å². The van der Waals surface area contributed by atoms with Gasteiger partial charge in [-0.15, -0.1) is 0 Å². The first-order chi connectivity index (χ1) is 19.4. The summed E-state index contributed by atoms with van der Waals surface area (Å²) in [6, 6.07) is 16.5. The van der Waals surface area contributed by atoms with Crippen LogP contribution >= 0.6 is 11.3 Å². The summed E-state index contributed by atoms with van der Waals surface area (Å²) in [7, 11) is 1.46. The van der Waals surface area contributed by atoms with E-state index in [1.54, 1.807) is 6.92 Å². The average Bonchev–Trinajstić information content (AvgIpc) is 3.54. The van der Waals surface area contributed by atoms with Gasteiger partial charge in [0, 0.05) is 32.2 Å². The zero-order valence-corrected chi connectivity index (χ0v) is 24.2. The van der Waals surface area contributed by atoms with Crippen LogP contribution in [0.4, 0.5) is 10.8 Å². The number of anilines is 2. The van der Waals surface area contributed by atoms with Crippen molar-refractivity contribution < 1.29 is 23.8 Å². The fourth-order valence-corrected chi connectivity index (χ4v) is 5.79. The van der Waals surface area contributed by atoms with Crippen LogP contribution < -0.4 is 19.7 Å². The number of methoxy groups -OCH3 is 1. The van der Waals surface area contributed by atoms with E-state index in [0.717, 1.165) is 49.1 Å². The number of ether oxygens (including phenoxy) is 3. The van der Waals surface area contributed by atoms with E-state index in [0.29, 0.717) is 22.1 Å². The minimum absolute atomic E-state index is 0.0172. The molecule has 0 bridgehead atoms. The Balaban J connectivity index is 1.10. The molecule has 1 aromatic heterocycles. The fourth-order valence-electron chi connectivity index (χ4n) is 4.86. The minimum atomic E-state index is -0.292. The van der Waals surface area contributed by atoms with Crippen LogP contribution in [0.1, 0.15) is 59.5 Å². The first kappa shape index (κ1) is 28.1. The van der Waals surface area contributed by atoms with E-state index in [1.165, 1.54) is 37.0 Å². The molecular weight excluding hydrogens is 526 g/mol. The molecular formula is C31H37N3O5S. The quantitative estimate of drug-likeness (QED) is 0.261. The number of ketones is 1. The predicted molar refractivity (Wildman–Crippen MR) is 157 cm³/mol. The van der Waals surface area contributed by atoms with E-state index >= 15 is 0 Å². The Morgan fingerprint density at radius 1 is 1.07 bits per heavy atom. The van der Waals surface area contributed by atoms with Gasteiger partial charge in [0.15, 0.2) is 10.9 Å². The maximum atomic E-state index is 13.0. The number of Topliss-reactive ketones (excluding diaryl/α,β-unsaturated/α-hetero) is 1. The van der Waals surface area contributed by atoms with Gasteiger partial charge >= 0.3 is 0 Å². The summed E-state index contributed by atoms with van der Waals surface area (Å²) in [6.07, 6.45) is 4.04. The maximum Gasteiger partial charge on any atom is 0.252 e. The molecule has 2 fully saturated rings. The number of nitrogens with one attached hydrogen (secondary N) is 1. The third-order valence-electron chi connectivity index (χ3n) is 7.34. The number of carbonyl (C=O) groups excluding carboxylic acids is 2. The van der Waals surface area contributed by atoms with Crippen molar-refractivity contribution in [2.24, 2.45) is 5.92 Å². The highest BCUT2D eigenvalue weighted by Crippen LogP contribution is 2.31. The molecule has 40 heavy (non-hydrogen) atoms. The molecule has 9 heteroatoms. The van der Waals surface area contributed by atoms with Gasteiger partial charge in [-0.05, 0) is 73.6 Å². The molecule has 1 amide bonds. The van der Waals surface area contributed by atoms with Crippen LogP contribution in [0.5, 0.6) is 11.5 Å². The summed E-state index contributed by atoms with van der Waals surface area (Å²) in [5.41, 5.74) is 2.90. The number of benzene rings is 2. The van der Waals surface area contributed by atoms with Gasteiger partial charge in [0.05, 0.1) is 23.7 Å². The van der Waals surface area contributed by atoms with Crippen molar-refractivity contribution in [3.8, 4) is 11.5 Å². The summed E-state index contributed by atoms with van der Waals surface area (Å²) in [5.74, 6) is 2.29. The van der Waals surface area contributed by atoms with E-state index < -0.39 is 0 Å². The molecule has 1 saturated heterocycles. The lowest BCUT2D eigenvalue weighted by Gasteiger charge is -2.20. The van der Waals surface area contributed by atoms with Crippen LogP contribution in [-0.4, -0.2) is 56.2 Å². The van der Waals surface area contributed by atoms with Crippen LogP contribution in [0, 0.1) is 12.8 Å². The normalized spacial score (nSPS) is 17.5. The lowest BCUT2D eigenvalue weighted by molar-refractivity contribution is -0.119. The second kappa shape index (κ2) is 12.8. The van der Waals surface area contributed by atoms with Crippen molar-refractivity contribution in [3.63, 3.8) is 0 Å². The Bertz CT molecular complexity index is 1300. The number of aromatic nitrogens is 1. The number of aryl methyl sites for hydroxylation is 1. The number of hydrogen-bond acceptors (Lipinski definition) is 8. The number of amides is 1. The summed E-state index contributed by atoms with van der Waals surface area (Å²) in [6.45, 7) is 6.41. The lowest BCUT2D eigenvalue weighted by atomic mass is 9.95. The minimum Gasteiger partial charge on any atom is -0.493 e. The average molecular weight is 564 g/mol. The van der Waals surface area contributed by atoms with Gasteiger partial charge < -0.3 is 19.1 Å². The second-order valence-electron chi connectivity index (χ2n) is 10.7. The van der Waals surface area contributed by atoms with Crippen LogP contribution in [0.3, 0.4) is 0 Å². The summed E-state index contributed by atoms with van der Waals surface area (Å²) in [5, 5.41) is 3.09. The van der Waals surface area contributed by atoms with Gasteiger partial charge in [0.1, 0.15) is 24.2 Å². The summed E-state index contributed by atoms with van der Waals surface area (Å²) in [4.78, 5) is 32.0. The van der Waals surface area contributed by atoms with Crippen molar-refractivity contribution in [2.45, 2.75) is 51.6 Å². The zero-order valence-electron chi connectivity index (χ0n) is 23.4. The van der Waals surface area contributed by atoms with Crippen LogP contribution in [0.25, 0.3) is 0 Å². The molecule has 5 rings (SSSR count). The third kappa shape index (κ3) is 7.40. The van der Waals surface area contributed by atoms with E-state index in [-0.39, 0.29) is 30.3 Å². The van der Waals surface area contributed by atoms with Gasteiger partial charge in [-0.3, -0.25) is 14.9 Å². The Kier molecular flexibility index (Phi) is 9.01. The molecule has 2 atom stereocenters. The van der Waals surface area contributed by atoms with Crippen molar-refractivity contribution in [1.82, 2.24) is 4.98 Å². The zero-order chi connectivity index (χ0) is 28.1. The first-order valence-electron chi connectivity index (χ1n) is 13.9. The molecule has 1 saturated carbocycles. The highest BCUT2D eigenvalue weighted by Gasteiger charge is 2.25. The van der Waals surface area contributed by atoms with Crippen molar-refractivity contribution >= 4 is 33.8 Å². The van der Waals surface area contributed by atoms with Crippen molar-refractivity contribution in [3.05, 3.63) is 64.7 Å². The topological polar surface area (TPSA) is 90.0 Å². The maximum absolute atomic E-state index is 13.0. The Morgan fingerprint density at radius 2 is 1.80 bits per heavy atom. The number of nitrogens with zero attached hydrogens (tertiary/aromatic N) is 2. The standard InChI is InChI=1S/C31H37N3O5S/c1-20(16-28(35)30-21(2)32-31(40-30)33-29(36)19-37-3)23-6-10-26(11-7-23)39-27-14-15-34(17-27)24-8-12-25(13-9-24)38-18-22-4-5-22/h6-13,20,22,27H,4-5,14-19H2,1-3H3,(H,32,33,36)/t20-,27?/m1/s1. The largest absolute Gasteiger partial charge is 0.493 e. The molecule has 212 valence electrons. The fraction of sp³-hybridized carbons (Fsp3) is 0.452. The molecule has 1 aliphatic heterocycles. The van der Waals surface area contributed by atoms with Crippen LogP contribution in [-0.2, 0) is 9.53 Å². The number of thiazole rings is 1. The molecule has 1 aliphatic carbocycles. The molecule has 3 aromatic rings. The van der Waals surface area contributed by atoms with Gasteiger partial charge in [0.25, 0.3) is 5.91 Å². The molecule has 0 radical (unpaired) electrons. The molecule has 1 N–H and O–H groups in total. The molecule has 2 heterocycles. The van der Waals surface area contributed by atoms with Gasteiger partial charge in [-0.2, -0.15) is 0 Å². The third-order valence-corrected chi connectivity index (χ3v) is 8.46. The molecule has 0 spiro atoms. The summed E-state index contributed by atoms with van der Waals surface area (Å²) < 4.78 is 17.0. The molecule has 8 nitrogen and oxygen atoms in total. The Labute approximate surface area is 239 Å². The van der Waals surface area contributed by atoms with Gasteiger partial charge in [-0.1, -0.05) is 30.4 Å². The highest BCUT2D eigenvalue weighted by atomic mass is 32.1. The van der Waals surface area contributed by atoms with Crippen LogP contribution in [0.15, 0.2) is 48.5 Å². The van der Waals surface area contributed by atoms with Crippen molar-refractivity contribution in [2.75, 3.05) is 43.6 Å². The SMILES string of the molecule is COCC(=O)Nc1nc(C)c(C(=O)C[C@@H](C)c2ccc(OC3CCN(c4ccc(OCC5CC5)cc4)C3)cc2)s1. The van der Waals surface area contributed by atoms with E-state index in [4.69, 9.17) is 14.2 Å². The van der Waals surface area contributed by atoms with E-state index in [9.17, 15) is 9.59 Å². The molecule has 1 unspecified atom stereocenters. The number of hydrogen-bond donors (Lipinski definition) is 1. The monoisotopic (exact) mass is 563 g/mol. The Hall–Kier alpha value is -3.43. The molecule has 2 aromatic carbocycles. The van der Waals surface area contributed by atoms with E-state index in [1.807, 2.05) is 31.2 Å². The Morgan fingerprint density at radius 3 is 2.50 bits per heavy atom. The van der Waals surface area contributed by atoms with Crippen LogP contribution in [0.2, 0.25) is 0 Å².